The lowest BCUT2D eigenvalue weighted by atomic mass is 10.1. The van der Waals surface area contributed by atoms with Crippen LogP contribution in [0, 0.1) is 0 Å². The number of carbonyl (C=O) groups is 1. The fourth-order valence-electron chi connectivity index (χ4n) is 2.06. The van der Waals surface area contributed by atoms with Crippen molar-refractivity contribution in [2.24, 2.45) is 10.9 Å². The predicted molar refractivity (Wildman–Crippen MR) is 70.3 cm³/mol. The topological polar surface area (TPSA) is 88.2 Å². The number of ether oxygens (including phenoxy) is 1. The minimum Gasteiger partial charge on any atom is -0.409 e. The van der Waals surface area contributed by atoms with E-state index in [1.807, 2.05) is 6.92 Å². The van der Waals surface area contributed by atoms with Crippen LogP contribution in [-0.4, -0.2) is 47.7 Å². The first-order valence-electron chi connectivity index (χ1n) is 6.10. The number of hydrogen-bond acceptors (Lipinski definition) is 4. The summed E-state index contributed by atoms with van der Waals surface area (Å²) in [5.74, 6) is -0.0759. The van der Waals surface area contributed by atoms with E-state index >= 15 is 0 Å². The molecule has 1 aromatic rings. The van der Waals surface area contributed by atoms with Crippen molar-refractivity contribution in [2.45, 2.75) is 13.0 Å². The number of carbonyl (C=O) groups excluding carboxylic acids is 1. The molecule has 0 saturated carbocycles. The van der Waals surface area contributed by atoms with Gasteiger partial charge in [0.15, 0.2) is 5.84 Å². The Kier molecular flexibility index (Phi) is 4.01. The van der Waals surface area contributed by atoms with Crippen LogP contribution in [-0.2, 0) is 4.74 Å². The summed E-state index contributed by atoms with van der Waals surface area (Å²) in [6.45, 7) is 3.62. The summed E-state index contributed by atoms with van der Waals surface area (Å²) >= 11 is 0. The number of morpholine rings is 1. The molecule has 1 amide bonds. The van der Waals surface area contributed by atoms with Gasteiger partial charge in [0, 0.05) is 17.7 Å². The molecule has 1 aliphatic rings. The number of hydrogen-bond donors (Lipinski definition) is 2. The van der Waals surface area contributed by atoms with Crippen LogP contribution in [0.2, 0.25) is 0 Å². The van der Waals surface area contributed by atoms with Crippen molar-refractivity contribution in [3.63, 3.8) is 0 Å². The molecule has 102 valence electrons. The Hall–Kier alpha value is -2.08. The maximum atomic E-state index is 12.4. The Labute approximate surface area is 111 Å². The lowest BCUT2D eigenvalue weighted by Gasteiger charge is -2.33. The van der Waals surface area contributed by atoms with Gasteiger partial charge in [0.05, 0.1) is 19.3 Å². The number of nitrogens with two attached hydrogens (primary N) is 1. The Balaban J connectivity index is 2.23. The Bertz CT molecular complexity index is 502. The molecule has 0 aromatic heterocycles. The van der Waals surface area contributed by atoms with Crippen LogP contribution in [0.4, 0.5) is 0 Å². The Morgan fingerprint density at radius 3 is 2.95 bits per heavy atom. The summed E-state index contributed by atoms with van der Waals surface area (Å²) in [6.07, 6.45) is 0. The standard InChI is InChI=1S/C13H17N3O3/c1-9-8-19-6-5-16(9)13(17)11-4-2-3-10(7-11)12(14)15-18/h2-4,7,9,18H,5-6,8H2,1H3,(H2,14,15). The van der Waals surface area contributed by atoms with Gasteiger partial charge in [-0.2, -0.15) is 0 Å². The van der Waals surface area contributed by atoms with E-state index in [9.17, 15) is 4.79 Å². The highest BCUT2D eigenvalue weighted by molar-refractivity contribution is 6.01. The Morgan fingerprint density at radius 1 is 1.53 bits per heavy atom. The third-order valence-electron chi connectivity index (χ3n) is 3.14. The van der Waals surface area contributed by atoms with E-state index in [2.05, 4.69) is 5.16 Å². The third-order valence-corrected chi connectivity index (χ3v) is 3.14. The molecule has 19 heavy (non-hydrogen) atoms. The molecule has 1 unspecified atom stereocenters. The van der Waals surface area contributed by atoms with E-state index in [1.54, 1.807) is 29.2 Å². The van der Waals surface area contributed by atoms with Gasteiger partial charge in [-0.3, -0.25) is 4.79 Å². The van der Waals surface area contributed by atoms with Crippen LogP contribution in [0.5, 0.6) is 0 Å². The van der Waals surface area contributed by atoms with Crippen LogP contribution in [0.3, 0.4) is 0 Å². The quantitative estimate of drug-likeness (QED) is 0.355. The van der Waals surface area contributed by atoms with Crippen LogP contribution in [0.1, 0.15) is 22.8 Å². The minimum absolute atomic E-state index is 0.00956. The number of amides is 1. The average Bonchev–Trinajstić information content (AvgIpc) is 2.46. The molecule has 0 radical (unpaired) electrons. The summed E-state index contributed by atoms with van der Waals surface area (Å²) < 4.78 is 5.31. The second-order valence-corrected chi connectivity index (χ2v) is 4.49. The molecule has 0 spiro atoms. The molecule has 1 fully saturated rings. The van der Waals surface area contributed by atoms with Crippen molar-refractivity contribution in [1.82, 2.24) is 4.90 Å². The highest BCUT2D eigenvalue weighted by atomic mass is 16.5. The van der Waals surface area contributed by atoms with Gasteiger partial charge in [-0.1, -0.05) is 17.3 Å². The third kappa shape index (κ3) is 2.85. The number of oxime groups is 1. The van der Waals surface area contributed by atoms with E-state index in [-0.39, 0.29) is 17.8 Å². The van der Waals surface area contributed by atoms with E-state index in [1.165, 1.54) is 0 Å². The number of amidine groups is 1. The summed E-state index contributed by atoms with van der Waals surface area (Å²) in [7, 11) is 0. The molecule has 0 aliphatic carbocycles. The number of nitrogens with zero attached hydrogens (tertiary/aromatic N) is 2. The summed E-state index contributed by atoms with van der Waals surface area (Å²) in [6, 6.07) is 6.80. The fourth-order valence-corrected chi connectivity index (χ4v) is 2.06. The smallest absolute Gasteiger partial charge is 0.254 e. The molecular weight excluding hydrogens is 246 g/mol. The lowest BCUT2D eigenvalue weighted by molar-refractivity contribution is 0.00359. The predicted octanol–water partition coefficient (Wildman–Crippen LogP) is 0.642. The molecule has 6 heteroatoms. The van der Waals surface area contributed by atoms with Crippen LogP contribution < -0.4 is 5.73 Å². The molecule has 6 nitrogen and oxygen atoms in total. The minimum atomic E-state index is -0.0663. The molecule has 1 aromatic carbocycles. The molecular formula is C13H17N3O3. The van der Waals surface area contributed by atoms with E-state index in [0.717, 1.165) is 0 Å². The molecule has 3 N–H and O–H groups in total. The summed E-state index contributed by atoms with van der Waals surface area (Å²) in [5, 5.41) is 11.6. The first-order chi connectivity index (χ1) is 9.13. The number of rotatable bonds is 2. The molecule has 1 saturated heterocycles. The highest BCUT2D eigenvalue weighted by Gasteiger charge is 2.24. The number of benzene rings is 1. The molecule has 1 aliphatic heterocycles. The lowest BCUT2D eigenvalue weighted by Crippen LogP contribution is -2.47. The molecule has 1 atom stereocenters. The van der Waals surface area contributed by atoms with Gasteiger partial charge in [-0.25, -0.2) is 0 Å². The van der Waals surface area contributed by atoms with Crippen molar-refractivity contribution in [3.05, 3.63) is 35.4 Å². The fraction of sp³-hybridized carbons (Fsp3) is 0.385. The zero-order chi connectivity index (χ0) is 13.8. The van der Waals surface area contributed by atoms with Crippen LogP contribution in [0.25, 0.3) is 0 Å². The molecule has 1 heterocycles. The molecule has 2 rings (SSSR count). The van der Waals surface area contributed by atoms with Gasteiger partial charge in [-0.05, 0) is 19.1 Å². The van der Waals surface area contributed by atoms with Crippen molar-refractivity contribution >= 4 is 11.7 Å². The maximum absolute atomic E-state index is 12.4. The summed E-state index contributed by atoms with van der Waals surface area (Å²) in [4.78, 5) is 14.2. The largest absolute Gasteiger partial charge is 0.409 e. The van der Waals surface area contributed by atoms with Crippen LogP contribution >= 0.6 is 0 Å². The van der Waals surface area contributed by atoms with Gasteiger partial charge in [-0.15, -0.1) is 0 Å². The SMILES string of the molecule is CC1COCCN1C(=O)c1cccc(/C(N)=N/O)c1. The van der Waals surface area contributed by atoms with E-state index < -0.39 is 0 Å². The average molecular weight is 263 g/mol. The van der Waals surface area contributed by atoms with Gasteiger partial charge < -0.3 is 20.6 Å². The van der Waals surface area contributed by atoms with Gasteiger partial charge in [0.2, 0.25) is 0 Å². The van der Waals surface area contributed by atoms with Crippen molar-refractivity contribution in [3.8, 4) is 0 Å². The van der Waals surface area contributed by atoms with Crippen molar-refractivity contribution in [1.29, 1.82) is 0 Å². The van der Waals surface area contributed by atoms with E-state index in [4.69, 9.17) is 15.7 Å². The van der Waals surface area contributed by atoms with Gasteiger partial charge in [0.1, 0.15) is 0 Å². The summed E-state index contributed by atoms with van der Waals surface area (Å²) in [5.41, 5.74) is 6.57. The van der Waals surface area contributed by atoms with Crippen molar-refractivity contribution < 1.29 is 14.7 Å². The highest BCUT2D eigenvalue weighted by Crippen LogP contribution is 2.13. The van der Waals surface area contributed by atoms with Crippen LogP contribution in [0.15, 0.2) is 29.4 Å². The monoisotopic (exact) mass is 263 g/mol. The first kappa shape index (κ1) is 13.4. The van der Waals surface area contributed by atoms with Crippen molar-refractivity contribution in [2.75, 3.05) is 19.8 Å². The normalized spacial score (nSPS) is 20.4. The zero-order valence-electron chi connectivity index (χ0n) is 10.7. The van der Waals surface area contributed by atoms with E-state index in [0.29, 0.717) is 30.9 Å². The second-order valence-electron chi connectivity index (χ2n) is 4.49. The second kappa shape index (κ2) is 5.71. The van der Waals surface area contributed by atoms with Gasteiger partial charge >= 0.3 is 0 Å². The first-order valence-corrected chi connectivity index (χ1v) is 6.10. The zero-order valence-corrected chi connectivity index (χ0v) is 10.7. The maximum Gasteiger partial charge on any atom is 0.254 e. The van der Waals surface area contributed by atoms with Gasteiger partial charge in [0.25, 0.3) is 5.91 Å². The molecule has 0 bridgehead atoms. The Morgan fingerprint density at radius 2 is 2.26 bits per heavy atom.